The minimum absolute atomic E-state index is 0.00431. The Morgan fingerprint density at radius 2 is 2.40 bits per heavy atom. The van der Waals surface area contributed by atoms with E-state index in [0.29, 0.717) is 6.42 Å². The Kier molecular flexibility index (Phi) is 3.33. The lowest BCUT2D eigenvalue weighted by atomic mass is 10.1. The summed E-state index contributed by atoms with van der Waals surface area (Å²) in [7, 11) is 0. The number of hydrogen-bond donors (Lipinski definition) is 1. The van der Waals surface area contributed by atoms with E-state index in [1.807, 2.05) is 12.2 Å². The minimum atomic E-state index is -0.206. The van der Waals surface area contributed by atoms with Crippen LogP contribution in [0.15, 0.2) is 33.0 Å². The summed E-state index contributed by atoms with van der Waals surface area (Å²) in [5.41, 5.74) is 1.73. The van der Waals surface area contributed by atoms with E-state index < -0.39 is 0 Å². The molecule has 1 unspecified atom stereocenters. The van der Waals surface area contributed by atoms with Crippen LogP contribution in [-0.2, 0) is 4.84 Å². The van der Waals surface area contributed by atoms with E-state index in [9.17, 15) is 0 Å². The number of aliphatic imine (C=N–C) groups is 1. The molecule has 0 saturated heterocycles. The quantitative estimate of drug-likeness (QED) is 0.832. The molecule has 0 aromatic heterocycles. The first-order valence-corrected chi connectivity index (χ1v) is 5.51. The molecule has 5 heteroatoms. The average Bonchev–Trinajstić information content (AvgIpc) is 2.62. The van der Waals surface area contributed by atoms with Gasteiger partial charge in [-0.25, -0.2) is 0 Å². The molecule has 15 heavy (non-hydrogen) atoms. The van der Waals surface area contributed by atoms with Crippen LogP contribution in [-0.4, -0.2) is 29.2 Å². The van der Waals surface area contributed by atoms with E-state index >= 15 is 0 Å². The lowest BCUT2D eigenvalue weighted by Gasteiger charge is -2.01. The Balaban J connectivity index is 2.10. The van der Waals surface area contributed by atoms with Crippen LogP contribution >= 0.6 is 15.9 Å². The summed E-state index contributed by atoms with van der Waals surface area (Å²) in [6.45, 7) is -0.00431. The van der Waals surface area contributed by atoms with Crippen molar-refractivity contribution in [3.63, 3.8) is 0 Å². The molecule has 0 aromatic rings. The Morgan fingerprint density at radius 1 is 1.53 bits per heavy atom. The fourth-order valence-electron chi connectivity index (χ4n) is 1.41. The van der Waals surface area contributed by atoms with Gasteiger partial charge in [0, 0.05) is 23.5 Å². The molecule has 0 radical (unpaired) electrons. The molecule has 0 saturated carbocycles. The number of aliphatic hydroxyl groups excluding tert-OH is 1. The summed E-state index contributed by atoms with van der Waals surface area (Å²) < 4.78 is 0.940. The molecule has 0 fully saturated rings. The highest BCUT2D eigenvalue weighted by Gasteiger charge is 2.23. The van der Waals surface area contributed by atoms with Crippen molar-refractivity contribution in [3.8, 4) is 0 Å². The van der Waals surface area contributed by atoms with Gasteiger partial charge in [-0.2, -0.15) is 0 Å². The molecule has 0 bridgehead atoms. The molecule has 4 nitrogen and oxygen atoms in total. The van der Waals surface area contributed by atoms with E-state index in [1.54, 1.807) is 6.20 Å². The average molecular weight is 271 g/mol. The summed E-state index contributed by atoms with van der Waals surface area (Å²) in [4.78, 5) is 9.34. The van der Waals surface area contributed by atoms with Gasteiger partial charge in [-0.3, -0.25) is 4.99 Å². The van der Waals surface area contributed by atoms with E-state index in [4.69, 9.17) is 9.94 Å². The minimum Gasteiger partial charge on any atom is -0.392 e. The third-order valence-electron chi connectivity index (χ3n) is 2.20. The number of nitrogens with zero attached hydrogens (tertiary/aromatic N) is 2. The zero-order valence-electron chi connectivity index (χ0n) is 8.06. The molecular weight excluding hydrogens is 260 g/mol. The SMILES string of the molecule is OCC1CC(C2=NC=C(Br)C=CC2)=NO1. The highest BCUT2D eigenvalue weighted by Crippen LogP contribution is 2.16. The van der Waals surface area contributed by atoms with Gasteiger partial charge in [0.15, 0.2) is 6.10 Å². The third-order valence-corrected chi connectivity index (χ3v) is 2.67. The molecule has 80 valence electrons. The molecule has 0 aliphatic carbocycles. The van der Waals surface area contributed by atoms with Crippen molar-refractivity contribution >= 4 is 27.4 Å². The van der Waals surface area contributed by atoms with Crippen molar-refractivity contribution in [1.29, 1.82) is 0 Å². The molecule has 0 spiro atoms. The smallest absolute Gasteiger partial charge is 0.156 e. The maximum Gasteiger partial charge on any atom is 0.156 e. The summed E-state index contributed by atoms with van der Waals surface area (Å²) >= 11 is 3.36. The van der Waals surface area contributed by atoms with E-state index in [2.05, 4.69) is 26.1 Å². The molecule has 2 rings (SSSR count). The van der Waals surface area contributed by atoms with E-state index in [1.165, 1.54) is 0 Å². The van der Waals surface area contributed by atoms with Crippen LogP contribution in [0.3, 0.4) is 0 Å². The number of hydrogen-bond acceptors (Lipinski definition) is 4. The molecule has 2 heterocycles. The van der Waals surface area contributed by atoms with Gasteiger partial charge in [-0.05, 0) is 15.9 Å². The summed E-state index contributed by atoms with van der Waals surface area (Å²) in [5.74, 6) is 0. The monoisotopic (exact) mass is 270 g/mol. The number of rotatable bonds is 2. The summed E-state index contributed by atoms with van der Waals surface area (Å²) in [5, 5.41) is 12.8. The maximum absolute atomic E-state index is 8.91. The van der Waals surface area contributed by atoms with Crippen LogP contribution in [0.25, 0.3) is 0 Å². The van der Waals surface area contributed by atoms with Gasteiger partial charge in [0.25, 0.3) is 0 Å². The second-order valence-corrected chi connectivity index (χ2v) is 4.26. The fourth-order valence-corrected chi connectivity index (χ4v) is 1.70. The lowest BCUT2D eigenvalue weighted by molar-refractivity contribution is 0.0390. The third kappa shape index (κ3) is 2.54. The number of allylic oxidation sites excluding steroid dienone is 3. The van der Waals surface area contributed by atoms with Crippen molar-refractivity contribution in [3.05, 3.63) is 22.8 Å². The summed E-state index contributed by atoms with van der Waals surface area (Å²) in [6.07, 6.45) is 6.88. The highest BCUT2D eigenvalue weighted by molar-refractivity contribution is 9.11. The Hall–Kier alpha value is -0.940. The lowest BCUT2D eigenvalue weighted by Crippen LogP contribution is -2.17. The molecule has 2 aliphatic rings. The van der Waals surface area contributed by atoms with Gasteiger partial charge >= 0.3 is 0 Å². The molecular formula is C10H11BrN2O2. The van der Waals surface area contributed by atoms with Crippen LogP contribution in [0.5, 0.6) is 0 Å². The van der Waals surface area contributed by atoms with Gasteiger partial charge in [0.05, 0.1) is 12.3 Å². The van der Waals surface area contributed by atoms with Crippen LogP contribution < -0.4 is 0 Å². The van der Waals surface area contributed by atoms with Crippen LogP contribution in [0, 0.1) is 0 Å². The molecule has 1 atom stereocenters. The van der Waals surface area contributed by atoms with Crippen LogP contribution in [0.1, 0.15) is 12.8 Å². The highest BCUT2D eigenvalue weighted by atomic mass is 79.9. The second-order valence-electron chi connectivity index (χ2n) is 3.35. The largest absolute Gasteiger partial charge is 0.392 e. The van der Waals surface area contributed by atoms with Crippen molar-refractivity contribution < 1.29 is 9.94 Å². The molecule has 1 N–H and O–H groups in total. The van der Waals surface area contributed by atoms with Crippen molar-refractivity contribution in [2.24, 2.45) is 10.1 Å². The zero-order chi connectivity index (χ0) is 10.7. The van der Waals surface area contributed by atoms with Gasteiger partial charge in [0.1, 0.15) is 5.71 Å². The van der Waals surface area contributed by atoms with Crippen molar-refractivity contribution in [2.45, 2.75) is 18.9 Å². The van der Waals surface area contributed by atoms with Gasteiger partial charge in [-0.15, -0.1) is 0 Å². The van der Waals surface area contributed by atoms with Crippen LogP contribution in [0.4, 0.5) is 0 Å². The van der Waals surface area contributed by atoms with Crippen LogP contribution in [0.2, 0.25) is 0 Å². The topological polar surface area (TPSA) is 54.2 Å². The number of aliphatic hydroxyl groups is 1. The fraction of sp³-hybridized carbons (Fsp3) is 0.400. The predicted molar refractivity (Wildman–Crippen MR) is 62.2 cm³/mol. The van der Waals surface area contributed by atoms with Gasteiger partial charge < -0.3 is 9.94 Å². The zero-order valence-corrected chi connectivity index (χ0v) is 9.64. The summed E-state index contributed by atoms with van der Waals surface area (Å²) in [6, 6.07) is 0. The Bertz CT molecular complexity index is 372. The molecule has 2 aliphatic heterocycles. The predicted octanol–water partition coefficient (Wildman–Crippen LogP) is 1.76. The number of oxime groups is 1. The van der Waals surface area contributed by atoms with Gasteiger partial charge in [-0.1, -0.05) is 17.3 Å². The Labute approximate surface area is 96.2 Å². The standard InChI is InChI=1S/C10H11BrN2O2/c11-7-2-1-3-9(12-5-7)10-4-8(6-14)15-13-10/h1-2,5,8,14H,3-4,6H2. The van der Waals surface area contributed by atoms with E-state index in [0.717, 1.165) is 22.3 Å². The maximum atomic E-state index is 8.91. The van der Waals surface area contributed by atoms with E-state index in [-0.39, 0.29) is 12.7 Å². The van der Waals surface area contributed by atoms with Crippen molar-refractivity contribution in [1.82, 2.24) is 0 Å². The molecule has 0 aromatic carbocycles. The second kappa shape index (κ2) is 4.72. The first-order chi connectivity index (χ1) is 7.29. The van der Waals surface area contributed by atoms with Gasteiger partial charge in [0.2, 0.25) is 0 Å². The first-order valence-electron chi connectivity index (χ1n) is 4.72. The number of halogens is 1. The Morgan fingerprint density at radius 3 is 3.13 bits per heavy atom. The van der Waals surface area contributed by atoms with Crippen molar-refractivity contribution in [2.75, 3.05) is 6.61 Å². The molecule has 0 amide bonds. The first kappa shape index (κ1) is 10.6. The normalized spacial score (nSPS) is 25.2.